The van der Waals surface area contributed by atoms with Crippen LogP contribution in [0.4, 0.5) is 4.39 Å². The van der Waals surface area contributed by atoms with Gasteiger partial charge in [-0.25, -0.2) is 9.37 Å². The first kappa shape index (κ1) is 20.3. The van der Waals surface area contributed by atoms with Crippen molar-refractivity contribution in [1.29, 1.82) is 0 Å². The number of rotatable bonds is 7. The molecule has 0 radical (unpaired) electrons. The molecule has 4 nitrogen and oxygen atoms in total. The molecule has 0 saturated carbocycles. The Morgan fingerprint density at radius 2 is 1.96 bits per heavy atom. The predicted molar refractivity (Wildman–Crippen MR) is 119 cm³/mol. The molecule has 1 aromatic carbocycles. The van der Waals surface area contributed by atoms with E-state index >= 15 is 0 Å². The summed E-state index contributed by atoms with van der Waals surface area (Å²) >= 11 is 2.29. The molecule has 0 spiro atoms. The van der Waals surface area contributed by atoms with E-state index in [9.17, 15) is 4.39 Å². The second kappa shape index (κ2) is 8.28. The monoisotopic (exact) mass is 498 g/mol. The fourth-order valence-electron chi connectivity index (χ4n) is 2.92. The fraction of sp³-hybridized carbons (Fsp3) is 0.350. The number of halogens is 2. The molecule has 0 bridgehead atoms. The van der Waals surface area contributed by atoms with Crippen molar-refractivity contribution in [2.45, 2.75) is 32.4 Å². The van der Waals surface area contributed by atoms with E-state index in [1.807, 2.05) is 16.8 Å². The minimum absolute atomic E-state index is 0.292. The zero-order valence-electron chi connectivity index (χ0n) is 16.1. The van der Waals surface area contributed by atoms with Crippen LogP contribution in [0.15, 0.2) is 36.7 Å². The predicted octanol–water partition coefficient (Wildman–Crippen LogP) is 5.77. The molecule has 0 fully saturated rings. The molecule has 0 atom stereocenters. The summed E-state index contributed by atoms with van der Waals surface area (Å²) in [5, 5.41) is 0.982. The molecule has 7 heteroatoms. The zero-order valence-corrected chi connectivity index (χ0v) is 19.2. The highest BCUT2D eigenvalue weighted by molar-refractivity contribution is 14.1. The van der Waals surface area contributed by atoms with Gasteiger partial charge < -0.3 is 14.0 Å². The summed E-state index contributed by atoms with van der Waals surface area (Å²) in [4.78, 5) is 4.55. The number of hydrogen-bond acceptors (Lipinski definition) is 3. The van der Waals surface area contributed by atoms with Crippen molar-refractivity contribution in [3.63, 3.8) is 0 Å². The van der Waals surface area contributed by atoms with Crippen LogP contribution in [0.5, 0.6) is 5.75 Å². The highest BCUT2D eigenvalue weighted by Crippen LogP contribution is 2.37. The fourth-order valence-corrected chi connectivity index (χ4v) is 4.55. The summed E-state index contributed by atoms with van der Waals surface area (Å²) in [5.74, 6) is 0.346. The van der Waals surface area contributed by atoms with Gasteiger partial charge in [0, 0.05) is 41.6 Å². The number of methoxy groups -OCH3 is 1. The van der Waals surface area contributed by atoms with Gasteiger partial charge in [0.25, 0.3) is 0 Å². The average Bonchev–Trinajstić information content (AvgIpc) is 2.94. The number of pyridine rings is 1. The Morgan fingerprint density at radius 3 is 2.67 bits per heavy atom. The van der Waals surface area contributed by atoms with Crippen LogP contribution in [0.1, 0.15) is 0 Å². The molecular formula is C20H24FIN2O2Si. The van der Waals surface area contributed by atoms with E-state index in [-0.39, 0.29) is 5.82 Å². The maximum Gasteiger partial charge on any atom is 0.143 e. The van der Waals surface area contributed by atoms with E-state index in [4.69, 9.17) is 9.47 Å². The maximum atomic E-state index is 13.9. The molecule has 2 aromatic heterocycles. The number of ether oxygens (including phenoxy) is 2. The molecule has 2 heterocycles. The molecule has 0 aliphatic carbocycles. The van der Waals surface area contributed by atoms with Crippen molar-refractivity contribution in [2.75, 3.05) is 13.7 Å². The number of hydrogen-bond donors (Lipinski definition) is 0. The molecule has 0 saturated heterocycles. The van der Waals surface area contributed by atoms with Crippen LogP contribution in [0, 0.1) is 9.39 Å². The quantitative estimate of drug-likeness (QED) is 0.236. The summed E-state index contributed by atoms with van der Waals surface area (Å²) in [6, 6.07) is 7.59. The molecular weight excluding hydrogens is 474 g/mol. The Labute approximate surface area is 173 Å². The van der Waals surface area contributed by atoms with Crippen LogP contribution in [0.25, 0.3) is 22.2 Å². The van der Waals surface area contributed by atoms with Gasteiger partial charge in [0.15, 0.2) is 0 Å². The molecule has 0 N–H and O–H groups in total. The van der Waals surface area contributed by atoms with Gasteiger partial charge in [-0.15, -0.1) is 0 Å². The molecule has 3 aromatic rings. The third-order valence-corrected chi connectivity index (χ3v) is 6.91. The number of fused-ring (bicyclic) bond motifs is 1. The SMILES string of the molecule is COc1ccc(F)cc1-c1ccnc2c1c(I)cn2COCC[Si](C)(C)C. The third kappa shape index (κ3) is 4.70. The molecule has 0 amide bonds. The second-order valence-electron chi connectivity index (χ2n) is 7.70. The van der Waals surface area contributed by atoms with Gasteiger partial charge in [0.1, 0.15) is 23.9 Å². The summed E-state index contributed by atoms with van der Waals surface area (Å²) < 4.78 is 28.3. The largest absolute Gasteiger partial charge is 0.496 e. The summed E-state index contributed by atoms with van der Waals surface area (Å²) in [6.07, 6.45) is 3.78. The summed E-state index contributed by atoms with van der Waals surface area (Å²) in [6.45, 7) is 8.23. The van der Waals surface area contributed by atoms with E-state index in [2.05, 4.69) is 47.2 Å². The van der Waals surface area contributed by atoms with Crippen molar-refractivity contribution in [2.24, 2.45) is 0 Å². The Hall–Kier alpha value is -1.45. The van der Waals surface area contributed by atoms with Crippen LogP contribution >= 0.6 is 22.6 Å². The van der Waals surface area contributed by atoms with Gasteiger partial charge in [0.2, 0.25) is 0 Å². The van der Waals surface area contributed by atoms with E-state index in [0.29, 0.717) is 12.5 Å². The van der Waals surface area contributed by atoms with Crippen molar-refractivity contribution in [1.82, 2.24) is 9.55 Å². The lowest BCUT2D eigenvalue weighted by atomic mass is 10.0. The van der Waals surface area contributed by atoms with Crippen LogP contribution in [-0.4, -0.2) is 31.3 Å². The van der Waals surface area contributed by atoms with Gasteiger partial charge in [-0.05, 0) is 58.5 Å². The average molecular weight is 498 g/mol. The van der Waals surface area contributed by atoms with Crippen LogP contribution in [-0.2, 0) is 11.5 Å². The van der Waals surface area contributed by atoms with Gasteiger partial charge in [-0.2, -0.15) is 0 Å². The van der Waals surface area contributed by atoms with Gasteiger partial charge in [-0.3, -0.25) is 0 Å². The highest BCUT2D eigenvalue weighted by Gasteiger charge is 2.17. The molecule has 27 heavy (non-hydrogen) atoms. The lowest BCUT2D eigenvalue weighted by Gasteiger charge is -2.15. The van der Waals surface area contributed by atoms with E-state index in [0.717, 1.165) is 38.4 Å². The van der Waals surface area contributed by atoms with Crippen molar-refractivity contribution >= 4 is 41.7 Å². The Balaban J connectivity index is 1.96. The first-order valence-corrected chi connectivity index (χ1v) is 13.6. The number of aromatic nitrogens is 2. The first-order chi connectivity index (χ1) is 12.8. The van der Waals surface area contributed by atoms with Gasteiger partial charge >= 0.3 is 0 Å². The number of nitrogens with zero attached hydrogens (tertiary/aromatic N) is 2. The topological polar surface area (TPSA) is 36.3 Å². The first-order valence-electron chi connectivity index (χ1n) is 8.85. The minimum Gasteiger partial charge on any atom is -0.496 e. The van der Waals surface area contributed by atoms with Gasteiger partial charge in [-0.1, -0.05) is 19.6 Å². The van der Waals surface area contributed by atoms with Crippen molar-refractivity contribution < 1.29 is 13.9 Å². The maximum absolute atomic E-state index is 13.9. The normalized spacial score (nSPS) is 11.9. The van der Waals surface area contributed by atoms with Crippen LogP contribution < -0.4 is 4.74 Å². The zero-order chi connectivity index (χ0) is 19.6. The molecule has 0 aliphatic rings. The van der Waals surface area contributed by atoms with E-state index < -0.39 is 8.07 Å². The lowest BCUT2D eigenvalue weighted by molar-refractivity contribution is 0.0898. The molecule has 0 unspecified atom stereocenters. The highest BCUT2D eigenvalue weighted by atomic mass is 127. The molecule has 3 rings (SSSR count). The Morgan fingerprint density at radius 1 is 1.19 bits per heavy atom. The van der Waals surface area contributed by atoms with Crippen LogP contribution in [0.2, 0.25) is 25.7 Å². The number of benzene rings is 1. The van der Waals surface area contributed by atoms with Crippen molar-refractivity contribution in [3.05, 3.63) is 46.0 Å². The minimum atomic E-state index is -1.11. The molecule has 0 aliphatic heterocycles. The lowest BCUT2D eigenvalue weighted by Crippen LogP contribution is -2.22. The standard InChI is InChI=1S/C20H24FIN2O2Si/c1-25-18-6-5-14(21)11-16(18)15-7-8-23-20-19(15)17(22)12-24(20)13-26-9-10-27(2,3)4/h5-8,11-12H,9-10,13H2,1-4H3. The van der Waals surface area contributed by atoms with Crippen molar-refractivity contribution in [3.8, 4) is 16.9 Å². The summed E-state index contributed by atoms with van der Waals surface area (Å²) in [7, 11) is 0.481. The van der Waals surface area contributed by atoms with E-state index in [1.165, 1.54) is 12.1 Å². The second-order valence-corrected chi connectivity index (χ2v) is 14.5. The smallest absolute Gasteiger partial charge is 0.143 e. The summed E-state index contributed by atoms with van der Waals surface area (Å²) in [5.41, 5.74) is 2.46. The Bertz CT molecular complexity index is 953. The van der Waals surface area contributed by atoms with E-state index in [1.54, 1.807) is 19.4 Å². The Kier molecular flexibility index (Phi) is 6.22. The third-order valence-electron chi connectivity index (χ3n) is 4.39. The molecule has 144 valence electrons. The van der Waals surface area contributed by atoms with Gasteiger partial charge in [0.05, 0.1) is 7.11 Å². The van der Waals surface area contributed by atoms with Crippen LogP contribution in [0.3, 0.4) is 0 Å².